The molecule has 0 fully saturated rings. The van der Waals surface area contributed by atoms with Gasteiger partial charge in [-0.05, 0) is 57.2 Å². The standard InChI is InChI=1S/C25H28N2O4/c1-16(2)30-24(28)26-22(19-11-6-5-7-12-19)21-15-14-18-10-8-9-13-20(18)23(21)27(26)25(29)31-17(3)4/h5-13,16-17,22H,14-15H2,1-4H3. The number of fused-ring (bicyclic) bond motifs is 2. The van der Waals surface area contributed by atoms with Crippen molar-refractivity contribution in [3.63, 3.8) is 0 Å². The van der Waals surface area contributed by atoms with E-state index >= 15 is 0 Å². The van der Waals surface area contributed by atoms with Gasteiger partial charge in [-0.1, -0.05) is 54.6 Å². The first kappa shape index (κ1) is 21.0. The molecule has 2 amide bonds. The summed E-state index contributed by atoms with van der Waals surface area (Å²) in [5, 5.41) is 2.81. The number of carbonyl (C=O) groups excluding carboxylic acids is 2. The van der Waals surface area contributed by atoms with Crippen LogP contribution in [0.25, 0.3) is 5.70 Å². The smallest absolute Gasteiger partial charge is 0.434 e. The predicted molar refractivity (Wildman–Crippen MR) is 118 cm³/mol. The van der Waals surface area contributed by atoms with Crippen molar-refractivity contribution in [1.82, 2.24) is 10.0 Å². The van der Waals surface area contributed by atoms with Crippen molar-refractivity contribution in [2.75, 3.05) is 0 Å². The zero-order chi connectivity index (χ0) is 22.1. The first-order valence-corrected chi connectivity index (χ1v) is 10.7. The van der Waals surface area contributed by atoms with E-state index in [9.17, 15) is 9.59 Å². The molecule has 4 rings (SSSR count). The van der Waals surface area contributed by atoms with Crippen molar-refractivity contribution in [2.45, 2.75) is 58.8 Å². The van der Waals surface area contributed by atoms with Crippen molar-refractivity contribution in [3.05, 3.63) is 76.9 Å². The second-order valence-corrected chi connectivity index (χ2v) is 8.37. The molecule has 6 heteroatoms. The Balaban J connectivity index is 1.91. The molecule has 0 spiro atoms. The van der Waals surface area contributed by atoms with Crippen molar-refractivity contribution in [3.8, 4) is 0 Å². The molecule has 6 nitrogen and oxygen atoms in total. The van der Waals surface area contributed by atoms with E-state index in [1.165, 1.54) is 10.0 Å². The summed E-state index contributed by atoms with van der Waals surface area (Å²) < 4.78 is 11.1. The van der Waals surface area contributed by atoms with Crippen LogP contribution in [-0.2, 0) is 15.9 Å². The number of hydrogen-bond donors (Lipinski definition) is 0. The van der Waals surface area contributed by atoms with Crippen LogP contribution in [0.2, 0.25) is 0 Å². The number of aryl methyl sites for hydroxylation is 1. The van der Waals surface area contributed by atoms with E-state index < -0.39 is 18.2 Å². The summed E-state index contributed by atoms with van der Waals surface area (Å²) in [4.78, 5) is 26.6. The van der Waals surface area contributed by atoms with E-state index in [0.29, 0.717) is 0 Å². The van der Waals surface area contributed by atoms with E-state index in [-0.39, 0.29) is 12.2 Å². The van der Waals surface area contributed by atoms with E-state index in [1.54, 1.807) is 27.7 Å². The summed E-state index contributed by atoms with van der Waals surface area (Å²) in [6.45, 7) is 7.18. The van der Waals surface area contributed by atoms with Crippen LogP contribution in [0, 0.1) is 0 Å². The zero-order valence-corrected chi connectivity index (χ0v) is 18.4. The number of benzene rings is 2. The van der Waals surface area contributed by atoms with Gasteiger partial charge in [-0.3, -0.25) is 0 Å². The van der Waals surface area contributed by atoms with E-state index in [1.807, 2.05) is 48.5 Å². The third-order valence-electron chi connectivity index (χ3n) is 5.39. The van der Waals surface area contributed by atoms with E-state index in [0.717, 1.165) is 40.8 Å². The van der Waals surface area contributed by atoms with Crippen LogP contribution in [0.5, 0.6) is 0 Å². The Kier molecular flexibility index (Phi) is 5.72. The number of amides is 2. The fourth-order valence-corrected chi connectivity index (χ4v) is 4.27. The minimum absolute atomic E-state index is 0.322. The zero-order valence-electron chi connectivity index (χ0n) is 18.4. The van der Waals surface area contributed by atoms with Gasteiger partial charge in [0.15, 0.2) is 0 Å². The second-order valence-electron chi connectivity index (χ2n) is 8.37. The largest absolute Gasteiger partial charge is 0.445 e. The molecule has 0 N–H and O–H groups in total. The van der Waals surface area contributed by atoms with Gasteiger partial charge in [-0.2, -0.15) is 10.0 Å². The average Bonchev–Trinajstić information content (AvgIpc) is 3.09. The maximum atomic E-state index is 13.3. The van der Waals surface area contributed by atoms with Crippen LogP contribution in [0.4, 0.5) is 9.59 Å². The molecule has 1 unspecified atom stereocenters. The highest BCUT2D eigenvalue weighted by Crippen LogP contribution is 2.49. The van der Waals surface area contributed by atoms with Gasteiger partial charge in [0, 0.05) is 5.56 Å². The predicted octanol–water partition coefficient (Wildman–Crippen LogP) is 5.71. The molecular weight excluding hydrogens is 392 g/mol. The first-order chi connectivity index (χ1) is 14.9. The average molecular weight is 421 g/mol. The summed E-state index contributed by atoms with van der Waals surface area (Å²) >= 11 is 0. The minimum Gasteiger partial charge on any atom is -0.445 e. The highest BCUT2D eigenvalue weighted by atomic mass is 16.6. The fraction of sp³-hybridized carbons (Fsp3) is 0.360. The molecule has 1 atom stereocenters. The molecule has 0 saturated heterocycles. The van der Waals surface area contributed by atoms with Gasteiger partial charge in [-0.25, -0.2) is 9.59 Å². The van der Waals surface area contributed by atoms with Crippen LogP contribution < -0.4 is 0 Å². The van der Waals surface area contributed by atoms with Gasteiger partial charge < -0.3 is 9.47 Å². The molecule has 2 aliphatic rings. The van der Waals surface area contributed by atoms with E-state index in [4.69, 9.17) is 9.47 Å². The Morgan fingerprint density at radius 1 is 0.839 bits per heavy atom. The van der Waals surface area contributed by atoms with Crippen LogP contribution in [0.15, 0.2) is 60.2 Å². The van der Waals surface area contributed by atoms with Gasteiger partial charge in [0.2, 0.25) is 0 Å². The van der Waals surface area contributed by atoms with Gasteiger partial charge in [-0.15, -0.1) is 0 Å². The number of hydrazine groups is 1. The molecule has 1 aliphatic carbocycles. The van der Waals surface area contributed by atoms with Gasteiger partial charge in [0.05, 0.1) is 17.9 Å². The lowest BCUT2D eigenvalue weighted by Crippen LogP contribution is -2.47. The van der Waals surface area contributed by atoms with Crippen molar-refractivity contribution in [1.29, 1.82) is 0 Å². The Bertz CT molecular complexity index is 1010. The van der Waals surface area contributed by atoms with Crippen LogP contribution in [-0.4, -0.2) is 34.4 Å². The summed E-state index contributed by atoms with van der Waals surface area (Å²) in [6, 6.07) is 17.3. The quantitative estimate of drug-likeness (QED) is 0.638. The number of ether oxygens (including phenoxy) is 2. The molecule has 0 saturated carbocycles. The summed E-state index contributed by atoms with van der Waals surface area (Å²) in [6.07, 6.45) is -0.220. The van der Waals surface area contributed by atoms with Gasteiger partial charge in [0.1, 0.15) is 6.04 Å². The third-order valence-corrected chi connectivity index (χ3v) is 5.39. The Hall–Kier alpha value is -3.28. The molecular formula is C25H28N2O4. The highest BCUT2D eigenvalue weighted by Gasteiger charge is 2.49. The van der Waals surface area contributed by atoms with E-state index in [2.05, 4.69) is 6.07 Å². The molecule has 162 valence electrons. The number of nitrogens with zero attached hydrogens (tertiary/aromatic N) is 2. The number of rotatable bonds is 3. The molecule has 0 bridgehead atoms. The third kappa shape index (κ3) is 3.90. The molecule has 1 heterocycles. The second kappa shape index (κ2) is 8.46. The maximum Gasteiger partial charge on any atom is 0.434 e. The Morgan fingerprint density at radius 3 is 2.13 bits per heavy atom. The van der Waals surface area contributed by atoms with Crippen molar-refractivity contribution < 1.29 is 19.1 Å². The van der Waals surface area contributed by atoms with Crippen molar-refractivity contribution >= 4 is 17.9 Å². The molecule has 31 heavy (non-hydrogen) atoms. The normalized spacial score (nSPS) is 17.7. The first-order valence-electron chi connectivity index (χ1n) is 10.7. The molecule has 1 aliphatic heterocycles. The SMILES string of the molecule is CC(C)OC(=O)N1C2=C(CCc3ccccc32)C(c2ccccc2)N1C(=O)OC(C)C. The summed E-state index contributed by atoms with van der Waals surface area (Å²) in [5.74, 6) is 0. The maximum absolute atomic E-state index is 13.3. The van der Waals surface area contributed by atoms with Crippen molar-refractivity contribution in [2.24, 2.45) is 0 Å². The Labute approximate surface area is 183 Å². The fourth-order valence-electron chi connectivity index (χ4n) is 4.27. The number of carbonyl (C=O) groups is 2. The van der Waals surface area contributed by atoms with Crippen LogP contribution >= 0.6 is 0 Å². The Morgan fingerprint density at radius 2 is 1.45 bits per heavy atom. The lowest BCUT2D eigenvalue weighted by Gasteiger charge is -2.33. The molecule has 0 aromatic heterocycles. The molecule has 2 aromatic rings. The summed E-state index contributed by atoms with van der Waals surface area (Å²) in [7, 11) is 0. The molecule has 2 aromatic carbocycles. The van der Waals surface area contributed by atoms with Gasteiger partial charge >= 0.3 is 12.2 Å². The van der Waals surface area contributed by atoms with Crippen LogP contribution in [0.1, 0.15) is 56.8 Å². The van der Waals surface area contributed by atoms with Crippen LogP contribution in [0.3, 0.4) is 0 Å². The molecule has 0 radical (unpaired) electrons. The number of hydrogen-bond acceptors (Lipinski definition) is 4. The summed E-state index contributed by atoms with van der Waals surface area (Å²) in [5.41, 5.74) is 4.77. The lowest BCUT2D eigenvalue weighted by molar-refractivity contribution is -0.0119. The highest BCUT2D eigenvalue weighted by molar-refractivity contribution is 5.90. The monoisotopic (exact) mass is 420 g/mol. The minimum atomic E-state index is -0.585. The topological polar surface area (TPSA) is 59.1 Å². The van der Waals surface area contributed by atoms with Gasteiger partial charge in [0.25, 0.3) is 0 Å². The lowest BCUT2D eigenvalue weighted by atomic mass is 9.85.